The Kier molecular flexibility index (Phi) is 2.53. The standard InChI is InChI=1S/C10H15N5/c1-7-13-6-8(9(11)12)10(14-7)15-4-2-3-5-15/h6H,2-5H2,1H3,(H3,11,12). The van der Waals surface area contributed by atoms with Gasteiger partial charge in [-0.25, -0.2) is 9.97 Å². The predicted molar refractivity (Wildman–Crippen MR) is 59.2 cm³/mol. The molecule has 3 N–H and O–H groups in total. The van der Waals surface area contributed by atoms with Gasteiger partial charge in [0, 0.05) is 19.3 Å². The summed E-state index contributed by atoms with van der Waals surface area (Å²) in [6.07, 6.45) is 4.00. The van der Waals surface area contributed by atoms with Gasteiger partial charge in [-0.1, -0.05) is 0 Å². The first-order chi connectivity index (χ1) is 7.18. The number of anilines is 1. The molecular formula is C10H15N5. The molecule has 1 aromatic heterocycles. The lowest BCUT2D eigenvalue weighted by Crippen LogP contribution is -2.25. The summed E-state index contributed by atoms with van der Waals surface area (Å²) in [5.74, 6) is 1.58. The number of nitrogen functional groups attached to an aromatic ring is 1. The van der Waals surface area contributed by atoms with Crippen LogP contribution >= 0.6 is 0 Å². The van der Waals surface area contributed by atoms with Gasteiger partial charge in [0.1, 0.15) is 17.5 Å². The maximum absolute atomic E-state index is 7.48. The molecule has 0 aliphatic carbocycles. The van der Waals surface area contributed by atoms with Crippen molar-refractivity contribution in [2.75, 3.05) is 18.0 Å². The van der Waals surface area contributed by atoms with E-state index in [2.05, 4.69) is 14.9 Å². The molecule has 80 valence electrons. The van der Waals surface area contributed by atoms with Gasteiger partial charge in [-0.15, -0.1) is 0 Å². The molecule has 0 spiro atoms. The second-order valence-corrected chi connectivity index (χ2v) is 3.76. The van der Waals surface area contributed by atoms with Crippen LogP contribution in [-0.4, -0.2) is 28.9 Å². The third-order valence-electron chi connectivity index (χ3n) is 2.58. The molecule has 5 heteroatoms. The Morgan fingerprint density at radius 3 is 2.73 bits per heavy atom. The highest BCUT2D eigenvalue weighted by Crippen LogP contribution is 2.21. The molecule has 0 saturated carbocycles. The van der Waals surface area contributed by atoms with Crippen LogP contribution in [0.1, 0.15) is 24.2 Å². The lowest BCUT2D eigenvalue weighted by Gasteiger charge is -2.19. The van der Waals surface area contributed by atoms with E-state index in [1.165, 1.54) is 12.8 Å². The Morgan fingerprint density at radius 2 is 2.13 bits per heavy atom. The number of hydrogen-bond acceptors (Lipinski definition) is 4. The van der Waals surface area contributed by atoms with Crippen molar-refractivity contribution in [1.29, 1.82) is 5.41 Å². The maximum atomic E-state index is 7.48. The molecular weight excluding hydrogens is 190 g/mol. The Bertz CT molecular complexity index is 381. The highest BCUT2D eigenvalue weighted by atomic mass is 15.2. The number of aryl methyl sites for hydroxylation is 1. The molecule has 1 fully saturated rings. The van der Waals surface area contributed by atoms with Gasteiger partial charge in [-0.05, 0) is 19.8 Å². The number of amidine groups is 1. The highest BCUT2D eigenvalue weighted by Gasteiger charge is 2.18. The van der Waals surface area contributed by atoms with E-state index < -0.39 is 0 Å². The summed E-state index contributed by atoms with van der Waals surface area (Å²) in [4.78, 5) is 10.6. The zero-order chi connectivity index (χ0) is 10.8. The molecule has 15 heavy (non-hydrogen) atoms. The quantitative estimate of drug-likeness (QED) is 0.549. The minimum absolute atomic E-state index is 0.0388. The van der Waals surface area contributed by atoms with Gasteiger partial charge < -0.3 is 10.6 Å². The molecule has 1 saturated heterocycles. The van der Waals surface area contributed by atoms with Crippen molar-refractivity contribution in [3.63, 3.8) is 0 Å². The number of aromatic nitrogens is 2. The van der Waals surface area contributed by atoms with Crippen LogP contribution < -0.4 is 10.6 Å². The van der Waals surface area contributed by atoms with E-state index >= 15 is 0 Å². The lowest BCUT2D eigenvalue weighted by atomic mass is 10.2. The second kappa shape index (κ2) is 3.84. The van der Waals surface area contributed by atoms with E-state index in [4.69, 9.17) is 11.1 Å². The molecule has 1 aliphatic rings. The summed E-state index contributed by atoms with van der Waals surface area (Å²) in [6, 6.07) is 0. The zero-order valence-corrected chi connectivity index (χ0v) is 8.82. The summed E-state index contributed by atoms with van der Waals surface area (Å²) in [7, 11) is 0. The van der Waals surface area contributed by atoms with Crippen LogP contribution in [0.3, 0.4) is 0 Å². The minimum Gasteiger partial charge on any atom is -0.384 e. The number of nitrogens with one attached hydrogen (secondary N) is 1. The van der Waals surface area contributed by atoms with E-state index in [-0.39, 0.29) is 5.84 Å². The maximum Gasteiger partial charge on any atom is 0.143 e. The van der Waals surface area contributed by atoms with Crippen molar-refractivity contribution in [1.82, 2.24) is 9.97 Å². The summed E-state index contributed by atoms with van der Waals surface area (Å²) < 4.78 is 0. The van der Waals surface area contributed by atoms with Gasteiger partial charge in [0.2, 0.25) is 0 Å². The van der Waals surface area contributed by atoms with Crippen molar-refractivity contribution in [3.8, 4) is 0 Å². The van der Waals surface area contributed by atoms with Gasteiger partial charge in [-0.2, -0.15) is 0 Å². The monoisotopic (exact) mass is 205 g/mol. The number of hydrogen-bond donors (Lipinski definition) is 2. The fourth-order valence-corrected chi connectivity index (χ4v) is 1.82. The number of rotatable bonds is 2. The average molecular weight is 205 g/mol. The Morgan fingerprint density at radius 1 is 1.47 bits per heavy atom. The average Bonchev–Trinajstić information content (AvgIpc) is 2.69. The third-order valence-corrected chi connectivity index (χ3v) is 2.58. The van der Waals surface area contributed by atoms with Crippen molar-refractivity contribution in [3.05, 3.63) is 17.6 Å². The molecule has 1 aromatic rings. The number of nitrogens with two attached hydrogens (primary N) is 1. The van der Waals surface area contributed by atoms with Crippen LogP contribution in [0.25, 0.3) is 0 Å². The zero-order valence-electron chi connectivity index (χ0n) is 8.82. The van der Waals surface area contributed by atoms with E-state index in [1.807, 2.05) is 6.92 Å². The molecule has 0 radical (unpaired) electrons. The van der Waals surface area contributed by atoms with Gasteiger partial charge in [-0.3, -0.25) is 5.41 Å². The molecule has 5 nitrogen and oxygen atoms in total. The van der Waals surface area contributed by atoms with Crippen LogP contribution in [0.2, 0.25) is 0 Å². The van der Waals surface area contributed by atoms with Gasteiger partial charge >= 0.3 is 0 Å². The van der Waals surface area contributed by atoms with Gasteiger partial charge in [0.25, 0.3) is 0 Å². The summed E-state index contributed by atoms with van der Waals surface area (Å²) in [5, 5.41) is 7.48. The molecule has 0 atom stereocenters. The molecule has 0 aromatic carbocycles. The van der Waals surface area contributed by atoms with Crippen molar-refractivity contribution < 1.29 is 0 Å². The Labute approximate surface area is 88.8 Å². The number of nitrogens with zero attached hydrogens (tertiary/aromatic N) is 3. The van der Waals surface area contributed by atoms with Crippen molar-refractivity contribution in [2.45, 2.75) is 19.8 Å². The first-order valence-electron chi connectivity index (χ1n) is 5.11. The first kappa shape index (κ1) is 9.89. The molecule has 2 rings (SSSR count). The largest absolute Gasteiger partial charge is 0.384 e. The minimum atomic E-state index is 0.0388. The fraction of sp³-hybridized carbons (Fsp3) is 0.500. The van der Waals surface area contributed by atoms with Crippen molar-refractivity contribution >= 4 is 11.7 Å². The van der Waals surface area contributed by atoms with Gasteiger partial charge in [0.15, 0.2) is 0 Å². The first-order valence-corrected chi connectivity index (χ1v) is 5.11. The van der Waals surface area contributed by atoms with E-state index in [0.29, 0.717) is 5.56 Å². The smallest absolute Gasteiger partial charge is 0.143 e. The Hall–Kier alpha value is -1.65. The topological polar surface area (TPSA) is 78.9 Å². The second-order valence-electron chi connectivity index (χ2n) is 3.76. The lowest BCUT2D eigenvalue weighted by molar-refractivity contribution is 0.905. The third kappa shape index (κ3) is 1.91. The normalized spacial score (nSPS) is 15.7. The van der Waals surface area contributed by atoms with Crippen LogP contribution in [0.15, 0.2) is 6.20 Å². The Balaban J connectivity index is 2.41. The summed E-state index contributed by atoms with van der Waals surface area (Å²) in [5.41, 5.74) is 6.15. The molecule has 0 unspecified atom stereocenters. The summed E-state index contributed by atoms with van der Waals surface area (Å²) >= 11 is 0. The fourth-order valence-electron chi connectivity index (χ4n) is 1.82. The molecule has 1 aliphatic heterocycles. The van der Waals surface area contributed by atoms with E-state index in [0.717, 1.165) is 24.7 Å². The van der Waals surface area contributed by atoms with Crippen LogP contribution in [-0.2, 0) is 0 Å². The van der Waals surface area contributed by atoms with Crippen LogP contribution in [0.5, 0.6) is 0 Å². The molecule has 0 bridgehead atoms. The van der Waals surface area contributed by atoms with E-state index in [9.17, 15) is 0 Å². The van der Waals surface area contributed by atoms with Crippen LogP contribution in [0, 0.1) is 12.3 Å². The summed E-state index contributed by atoms with van der Waals surface area (Å²) in [6.45, 7) is 3.84. The molecule has 0 amide bonds. The predicted octanol–water partition coefficient (Wildman–Crippen LogP) is 0.669. The van der Waals surface area contributed by atoms with Gasteiger partial charge in [0.05, 0.1) is 5.56 Å². The van der Waals surface area contributed by atoms with E-state index in [1.54, 1.807) is 6.20 Å². The van der Waals surface area contributed by atoms with Crippen molar-refractivity contribution in [2.24, 2.45) is 5.73 Å². The SMILES string of the molecule is Cc1ncc(C(=N)N)c(N2CCCC2)n1. The van der Waals surface area contributed by atoms with Crippen LogP contribution in [0.4, 0.5) is 5.82 Å². The highest BCUT2D eigenvalue weighted by molar-refractivity contribution is 5.99. The molecule has 2 heterocycles.